The van der Waals surface area contributed by atoms with E-state index in [2.05, 4.69) is 102 Å². The summed E-state index contributed by atoms with van der Waals surface area (Å²) in [6.45, 7) is 0. The van der Waals surface area contributed by atoms with Gasteiger partial charge in [0.05, 0.1) is 11.0 Å². The third kappa shape index (κ3) is 4.47. The summed E-state index contributed by atoms with van der Waals surface area (Å²) < 4.78 is 3.57. The molecule has 0 saturated carbocycles. The molecule has 0 spiro atoms. The number of para-hydroxylation sites is 2. The van der Waals surface area contributed by atoms with E-state index < -0.39 is 0 Å². The molecule has 45 heavy (non-hydrogen) atoms. The SMILES string of the molecule is Clc1cccc(-c2nc(-c3ccc4c5c(sc4c3)CCC=C5)nc(-c3ccc4c(c3)c3ccccc3n4-c3ccccc3)n2)c1. The van der Waals surface area contributed by atoms with Crippen LogP contribution in [0.5, 0.6) is 0 Å². The third-order valence-corrected chi connectivity index (χ3v) is 10.0. The van der Waals surface area contributed by atoms with Crippen LogP contribution in [0.2, 0.25) is 5.02 Å². The van der Waals surface area contributed by atoms with Crippen molar-refractivity contribution in [2.45, 2.75) is 12.8 Å². The first-order valence-electron chi connectivity index (χ1n) is 15.0. The topological polar surface area (TPSA) is 43.6 Å². The molecule has 214 valence electrons. The van der Waals surface area contributed by atoms with Crippen molar-refractivity contribution in [3.05, 3.63) is 137 Å². The molecule has 4 nitrogen and oxygen atoms in total. The average Bonchev–Trinajstić information content (AvgIpc) is 3.63. The Labute approximate surface area is 268 Å². The van der Waals surface area contributed by atoms with E-state index in [9.17, 15) is 0 Å². The highest BCUT2D eigenvalue weighted by Crippen LogP contribution is 2.39. The van der Waals surface area contributed by atoms with Gasteiger partial charge in [-0.05, 0) is 78.4 Å². The summed E-state index contributed by atoms with van der Waals surface area (Å²) in [6, 6.07) is 39.8. The molecule has 0 saturated heterocycles. The minimum Gasteiger partial charge on any atom is -0.309 e. The fourth-order valence-electron chi connectivity index (χ4n) is 6.45. The maximum atomic E-state index is 6.42. The van der Waals surface area contributed by atoms with Crippen LogP contribution in [0.1, 0.15) is 16.9 Å². The van der Waals surface area contributed by atoms with Crippen LogP contribution in [0.15, 0.2) is 121 Å². The second kappa shape index (κ2) is 10.5. The number of aromatic nitrogens is 4. The molecular weight excluding hydrogens is 592 g/mol. The van der Waals surface area contributed by atoms with Gasteiger partial charge in [0.15, 0.2) is 17.5 Å². The molecule has 9 rings (SSSR count). The predicted molar refractivity (Wildman–Crippen MR) is 188 cm³/mol. The molecule has 0 radical (unpaired) electrons. The molecule has 0 aliphatic heterocycles. The van der Waals surface area contributed by atoms with Gasteiger partial charge in [-0.25, -0.2) is 15.0 Å². The fourth-order valence-corrected chi connectivity index (χ4v) is 7.89. The van der Waals surface area contributed by atoms with E-state index in [1.165, 1.54) is 25.9 Å². The number of allylic oxidation sites excluding steroid dienone is 1. The first-order chi connectivity index (χ1) is 22.2. The molecule has 8 aromatic rings. The van der Waals surface area contributed by atoms with Crippen LogP contribution < -0.4 is 0 Å². The van der Waals surface area contributed by atoms with Crippen molar-refractivity contribution in [2.75, 3.05) is 0 Å². The van der Waals surface area contributed by atoms with Crippen LogP contribution in [0.4, 0.5) is 0 Å². The molecule has 1 aliphatic rings. The zero-order chi connectivity index (χ0) is 29.9. The van der Waals surface area contributed by atoms with Crippen molar-refractivity contribution in [2.24, 2.45) is 0 Å². The monoisotopic (exact) mass is 616 g/mol. The summed E-state index contributed by atoms with van der Waals surface area (Å²) in [5, 5.41) is 4.27. The van der Waals surface area contributed by atoms with Crippen molar-refractivity contribution in [1.82, 2.24) is 19.5 Å². The molecule has 0 bridgehead atoms. The van der Waals surface area contributed by atoms with Crippen molar-refractivity contribution >= 4 is 60.9 Å². The molecule has 0 unspecified atom stereocenters. The van der Waals surface area contributed by atoms with Gasteiger partial charge >= 0.3 is 0 Å². The quantitative estimate of drug-likeness (QED) is 0.197. The average molecular weight is 617 g/mol. The van der Waals surface area contributed by atoms with Crippen molar-refractivity contribution in [3.63, 3.8) is 0 Å². The molecule has 0 N–H and O–H groups in total. The number of benzene rings is 5. The Bertz CT molecular complexity index is 2460. The first-order valence-corrected chi connectivity index (χ1v) is 16.2. The standard InChI is InChI=1S/C39H25ClN4S/c40-27-10-8-9-24(21-27)37-41-38(43-39(42-37)26-17-19-31-30-14-5-7-16-35(30)45-36(31)23-26)25-18-20-34-32(22-25)29-13-4-6-15-33(29)44(34)28-11-2-1-3-12-28/h1-6,8-15,17-23H,7,16H2. The lowest BCUT2D eigenvalue weighted by Gasteiger charge is -2.10. The third-order valence-electron chi connectivity index (χ3n) is 8.55. The summed E-state index contributed by atoms with van der Waals surface area (Å²) in [5.41, 5.74) is 7.54. The second-order valence-electron chi connectivity index (χ2n) is 11.3. The van der Waals surface area contributed by atoms with Gasteiger partial charge in [-0.3, -0.25) is 0 Å². The zero-order valence-corrected chi connectivity index (χ0v) is 25.7. The molecule has 3 heterocycles. The van der Waals surface area contributed by atoms with Crippen LogP contribution in [-0.2, 0) is 6.42 Å². The highest BCUT2D eigenvalue weighted by atomic mass is 35.5. The minimum absolute atomic E-state index is 0.595. The van der Waals surface area contributed by atoms with Gasteiger partial charge in [0.2, 0.25) is 0 Å². The van der Waals surface area contributed by atoms with E-state index in [1.807, 2.05) is 41.7 Å². The van der Waals surface area contributed by atoms with Crippen LogP contribution in [0, 0.1) is 0 Å². The van der Waals surface area contributed by atoms with Gasteiger partial charge in [-0.15, -0.1) is 11.3 Å². The van der Waals surface area contributed by atoms with E-state index in [-0.39, 0.29) is 0 Å². The van der Waals surface area contributed by atoms with Gasteiger partial charge in [-0.2, -0.15) is 0 Å². The van der Waals surface area contributed by atoms with Crippen molar-refractivity contribution in [1.29, 1.82) is 0 Å². The smallest absolute Gasteiger partial charge is 0.164 e. The van der Waals surface area contributed by atoms with Crippen LogP contribution in [0.25, 0.3) is 77.8 Å². The lowest BCUT2D eigenvalue weighted by molar-refractivity contribution is 1.02. The number of aryl methyl sites for hydroxylation is 1. The van der Waals surface area contributed by atoms with E-state index in [0.717, 1.165) is 51.6 Å². The summed E-state index contributed by atoms with van der Waals surface area (Å²) in [4.78, 5) is 16.5. The van der Waals surface area contributed by atoms with E-state index in [1.54, 1.807) is 0 Å². The van der Waals surface area contributed by atoms with Gasteiger partial charge in [0.1, 0.15) is 0 Å². The number of thiophene rings is 1. The largest absolute Gasteiger partial charge is 0.309 e. The lowest BCUT2D eigenvalue weighted by atomic mass is 10.0. The lowest BCUT2D eigenvalue weighted by Crippen LogP contribution is -2.00. The van der Waals surface area contributed by atoms with E-state index in [0.29, 0.717) is 22.5 Å². The summed E-state index contributed by atoms with van der Waals surface area (Å²) in [6.07, 6.45) is 6.73. The highest BCUT2D eigenvalue weighted by molar-refractivity contribution is 7.19. The maximum absolute atomic E-state index is 6.42. The van der Waals surface area contributed by atoms with Gasteiger partial charge in [0.25, 0.3) is 0 Å². The molecule has 5 aromatic carbocycles. The van der Waals surface area contributed by atoms with Crippen LogP contribution in [-0.4, -0.2) is 19.5 Å². The first kappa shape index (κ1) is 26.3. The predicted octanol–water partition coefficient (Wildman–Crippen LogP) is 10.8. The molecular formula is C39H25ClN4S. The molecule has 0 atom stereocenters. The minimum atomic E-state index is 0.595. The summed E-state index contributed by atoms with van der Waals surface area (Å²) >= 11 is 8.29. The van der Waals surface area contributed by atoms with Gasteiger partial charge in [-0.1, -0.05) is 84.4 Å². The Morgan fingerprint density at radius 1 is 0.600 bits per heavy atom. The Balaban J connectivity index is 1.25. The molecule has 0 amide bonds. The summed E-state index contributed by atoms with van der Waals surface area (Å²) in [7, 11) is 0. The number of rotatable bonds is 4. The maximum Gasteiger partial charge on any atom is 0.164 e. The van der Waals surface area contributed by atoms with Crippen molar-refractivity contribution < 1.29 is 0 Å². The number of fused-ring (bicyclic) bond motifs is 6. The number of hydrogen-bond donors (Lipinski definition) is 0. The van der Waals surface area contributed by atoms with E-state index in [4.69, 9.17) is 26.6 Å². The number of hydrogen-bond acceptors (Lipinski definition) is 4. The Hall–Kier alpha value is -5.10. The van der Waals surface area contributed by atoms with Gasteiger partial charge in [0, 0.05) is 47.7 Å². The zero-order valence-electron chi connectivity index (χ0n) is 24.1. The second-order valence-corrected chi connectivity index (χ2v) is 12.9. The van der Waals surface area contributed by atoms with Crippen molar-refractivity contribution in [3.8, 4) is 39.9 Å². The summed E-state index contributed by atoms with van der Waals surface area (Å²) in [5.74, 6) is 1.87. The molecule has 3 aromatic heterocycles. The fraction of sp³-hybridized carbons (Fsp3) is 0.0513. The van der Waals surface area contributed by atoms with Crippen LogP contribution >= 0.6 is 22.9 Å². The normalized spacial score (nSPS) is 12.7. The van der Waals surface area contributed by atoms with Crippen LogP contribution in [0.3, 0.4) is 0 Å². The number of halogens is 1. The molecule has 0 fully saturated rings. The number of nitrogens with zero attached hydrogens (tertiary/aromatic N) is 4. The highest BCUT2D eigenvalue weighted by Gasteiger charge is 2.18. The van der Waals surface area contributed by atoms with Gasteiger partial charge < -0.3 is 4.57 Å². The Morgan fingerprint density at radius 2 is 1.31 bits per heavy atom. The Morgan fingerprint density at radius 3 is 2.13 bits per heavy atom. The molecule has 1 aliphatic carbocycles. The van der Waals surface area contributed by atoms with E-state index >= 15 is 0 Å². The molecule has 6 heteroatoms. The Kier molecular flexibility index (Phi) is 6.15.